The highest BCUT2D eigenvalue weighted by Gasteiger charge is 2.15. The van der Waals surface area contributed by atoms with Crippen molar-refractivity contribution in [3.05, 3.63) is 76.0 Å². The van der Waals surface area contributed by atoms with Crippen LogP contribution in [-0.2, 0) is 17.9 Å². The summed E-state index contributed by atoms with van der Waals surface area (Å²) in [6, 6.07) is 10.8. The van der Waals surface area contributed by atoms with E-state index in [0.29, 0.717) is 33.3 Å². The first-order chi connectivity index (χ1) is 14.9. The molecule has 0 aliphatic carbocycles. The van der Waals surface area contributed by atoms with Crippen LogP contribution in [0.5, 0.6) is 5.75 Å². The molecule has 0 radical (unpaired) electrons. The quantitative estimate of drug-likeness (QED) is 0.316. The first kappa shape index (κ1) is 23.2. The van der Waals surface area contributed by atoms with Crippen molar-refractivity contribution in [2.45, 2.75) is 32.2 Å². The molecule has 2 aromatic carbocycles. The third-order valence-electron chi connectivity index (χ3n) is 4.48. The molecular formula is C22H22Cl2N4O2S. The van der Waals surface area contributed by atoms with Gasteiger partial charge < -0.3 is 10.1 Å². The molecule has 0 spiro atoms. The van der Waals surface area contributed by atoms with Gasteiger partial charge in [0.25, 0.3) is 0 Å². The molecule has 31 heavy (non-hydrogen) atoms. The average Bonchev–Trinajstić information content (AvgIpc) is 3.10. The largest absolute Gasteiger partial charge is 0.484 e. The molecule has 9 heteroatoms. The van der Waals surface area contributed by atoms with Crippen LogP contribution in [0.3, 0.4) is 0 Å². The van der Waals surface area contributed by atoms with E-state index in [2.05, 4.69) is 22.1 Å². The summed E-state index contributed by atoms with van der Waals surface area (Å²) in [5, 5.41) is 12.9. The standard InChI is InChI=1S/C22H22Cl2N4O2S/c1-4-9-28-20(12-30-19-8-6-16(23)11-18(19)24)26-27-22(28)31-13-21(29)25-17-7-5-14(2)15(3)10-17/h4-8,10-11H,1,9,12-13H2,2-3H3,(H,25,29). The molecule has 1 amide bonds. The first-order valence-electron chi connectivity index (χ1n) is 9.48. The van der Waals surface area contributed by atoms with Gasteiger partial charge in [0.05, 0.1) is 10.8 Å². The number of ether oxygens (including phenoxy) is 1. The second kappa shape index (κ2) is 10.7. The summed E-state index contributed by atoms with van der Waals surface area (Å²) in [5.41, 5.74) is 3.08. The van der Waals surface area contributed by atoms with Crippen molar-refractivity contribution >= 4 is 46.6 Å². The summed E-state index contributed by atoms with van der Waals surface area (Å²) < 4.78 is 7.62. The van der Waals surface area contributed by atoms with Gasteiger partial charge in [0.2, 0.25) is 5.91 Å². The molecule has 0 saturated heterocycles. The van der Waals surface area contributed by atoms with Gasteiger partial charge >= 0.3 is 0 Å². The summed E-state index contributed by atoms with van der Waals surface area (Å²) in [6.45, 7) is 8.48. The predicted molar refractivity (Wildman–Crippen MR) is 126 cm³/mol. The first-order valence-corrected chi connectivity index (χ1v) is 11.2. The van der Waals surface area contributed by atoms with Gasteiger partial charge in [0, 0.05) is 17.3 Å². The highest BCUT2D eigenvalue weighted by atomic mass is 35.5. The molecule has 0 saturated carbocycles. The van der Waals surface area contributed by atoms with Gasteiger partial charge in [-0.25, -0.2) is 0 Å². The molecule has 0 atom stereocenters. The number of carbonyl (C=O) groups excluding carboxylic acids is 1. The summed E-state index contributed by atoms with van der Waals surface area (Å²) in [6.07, 6.45) is 1.74. The second-order valence-electron chi connectivity index (χ2n) is 6.80. The molecule has 1 N–H and O–H groups in total. The molecule has 1 heterocycles. The zero-order valence-electron chi connectivity index (χ0n) is 17.2. The molecule has 0 aliphatic heterocycles. The van der Waals surface area contributed by atoms with E-state index in [9.17, 15) is 4.79 Å². The molecule has 1 aromatic heterocycles. The van der Waals surface area contributed by atoms with E-state index >= 15 is 0 Å². The third kappa shape index (κ3) is 6.26. The van der Waals surface area contributed by atoms with Crippen molar-refractivity contribution in [3.63, 3.8) is 0 Å². The Morgan fingerprint density at radius 3 is 2.71 bits per heavy atom. The van der Waals surface area contributed by atoms with Crippen molar-refractivity contribution in [2.24, 2.45) is 0 Å². The van der Waals surface area contributed by atoms with Gasteiger partial charge in [0.15, 0.2) is 11.0 Å². The van der Waals surface area contributed by atoms with Crippen LogP contribution in [0.1, 0.15) is 17.0 Å². The maximum Gasteiger partial charge on any atom is 0.234 e. The van der Waals surface area contributed by atoms with Crippen LogP contribution in [0.2, 0.25) is 10.0 Å². The molecule has 3 aromatic rings. The Hall–Kier alpha value is -2.48. The Morgan fingerprint density at radius 2 is 2.00 bits per heavy atom. The second-order valence-corrected chi connectivity index (χ2v) is 8.58. The number of nitrogens with zero attached hydrogens (tertiary/aromatic N) is 3. The topological polar surface area (TPSA) is 69.0 Å². The van der Waals surface area contributed by atoms with Crippen LogP contribution in [0.4, 0.5) is 5.69 Å². The number of aryl methyl sites for hydroxylation is 2. The normalized spacial score (nSPS) is 10.7. The third-order valence-corrected chi connectivity index (χ3v) is 5.98. The van der Waals surface area contributed by atoms with Crippen molar-refractivity contribution < 1.29 is 9.53 Å². The molecule has 162 valence electrons. The van der Waals surface area contributed by atoms with E-state index in [0.717, 1.165) is 11.3 Å². The van der Waals surface area contributed by atoms with Crippen LogP contribution >= 0.6 is 35.0 Å². The number of aromatic nitrogens is 3. The van der Waals surface area contributed by atoms with Crippen LogP contribution < -0.4 is 10.1 Å². The van der Waals surface area contributed by atoms with E-state index in [4.69, 9.17) is 27.9 Å². The SMILES string of the molecule is C=CCn1c(COc2ccc(Cl)cc2Cl)nnc1SCC(=O)Nc1ccc(C)c(C)c1. The summed E-state index contributed by atoms with van der Waals surface area (Å²) in [5.74, 6) is 1.18. The fraction of sp³-hybridized carbons (Fsp3) is 0.227. The number of hydrogen-bond donors (Lipinski definition) is 1. The zero-order valence-corrected chi connectivity index (χ0v) is 19.5. The summed E-state index contributed by atoms with van der Waals surface area (Å²) >= 11 is 13.4. The highest BCUT2D eigenvalue weighted by Crippen LogP contribution is 2.28. The molecule has 0 fully saturated rings. The maximum atomic E-state index is 12.4. The van der Waals surface area contributed by atoms with Crippen molar-refractivity contribution in [2.75, 3.05) is 11.1 Å². The highest BCUT2D eigenvalue weighted by molar-refractivity contribution is 7.99. The Labute approximate surface area is 195 Å². The van der Waals surface area contributed by atoms with Gasteiger partial charge in [-0.2, -0.15) is 0 Å². The van der Waals surface area contributed by atoms with Gasteiger partial charge in [-0.3, -0.25) is 9.36 Å². The van der Waals surface area contributed by atoms with E-state index in [1.807, 2.05) is 36.6 Å². The number of anilines is 1. The van der Waals surface area contributed by atoms with Gasteiger partial charge in [0.1, 0.15) is 12.4 Å². The van der Waals surface area contributed by atoms with Crippen molar-refractivity contribution in [1.82, 2.24) is 14.8 Å². The number of thioether (sulfide) groups is 1. The minimum absolute atomic E-state index is 0.118. The Bertz CT molecular complexity index is 1100. The molecule has 0 bridgehead atoms. The Kier molecular flexibility index (Phi) is 8.01. The van der Waals surface area contributed by atoms with Gasteiger partial charge in [-0.1, -0.05) is 47.1 Å². The Balaban J connectivity index is 1.63. The van der Waals surface area contributed by atoms with Crippen molar-refractivity contribution in [1.29, 1.82) is 0 Å². The maximum absolute atomic E-state index is 12.4. The molecule has 0 aliphatic rings. The van der Waals surface area contributed by atoms with E-state index in [1.165, 1.54) is 17.3 Å². The molecular weight excluding hydrogens is 455 g/mol. The van der Waals surface area contributed by atoms with Gasteiger partial charge in [-0.05, 0) is 55.3 Å². The lowest BCUT2D eigenvalue weighted by Gasteiger charge is -2.10. The number of nitrogens with one attached hydrogen (secondary N) is 1. The number of allylic oxidation sites excluding steroid dienone is 1. The molecule has 0 unspecified atom stereocenters. The van der Waals surface area contributed by atoms with E-state index in [-0.39, 0.29) is 18.3 Å². The monoisotopic (exact) mass is 476 g/mol. The van der Waals surface area contributed by atoms with Crippen molar-refractivity contribution in [3.8, 4) is 5.75 Å². The molecule has 6 nitrogen and oxygen atoms in total. The summed E-state index contributed by atoms with van der Waals surface area (Å²) in [4.78, 5) is 12.4. The molecule has 3 rings (SSSR count). The van der Waals surface area contributed by atoms with Crippen LogP contribution in [0, 0.1) is 13.8 Å². The lowest BCUT2D eigenvalue weighted by Crippen LogP contribution is -2.15. The van der Waals surface area contributed by atoms with E-state index < -0.39 is 0 Å². The van der Waals surface area contributed by atoms with E-state index in [1.54, 1.807) is 24.3 Å². The number of amides is 1. The lowest BCUT2D eigenvalue weighted by molar-refractivity contribution is -0.113. The number of rotatable bonds is 9. The van der Waals surface area contributed by atoms with Crippen LogP contribution in [0.15, 0.2) is 54.2 Å². The minimum Gasteiger partial charge on any atom is -0.484 e. The lowest BCUT2D eigenvalue weighted by atomic mass is 10.1. The predicted octanol–water partition coefficient (Wildman–Crippen LogP) is 5.70. The Morgan fingerprint density at radius 1 is 1.19 bits per heavy atom. The van der Waals surface area contributed by atoms with Crippen LogP contribution in [-0.4, -0.2) is 26.4 Å². The van der Waals surface area contributed by atoms with Gasteiger partial charge in [-0.15, -0.1) is 16.8 Å². The fourth-order valence-corrected chi connectivity index (χ4v) is 3.96. The smallest absolute Gasteiger partial charge is 0.234 e. The summed E-state index contributed by atoms with van der Waals surface area (Å²) in [7, 11) is 0. The fourth-order valence-electron chi connectivity index (χ4n) is 2.73. The number of carbonyl (C=O) groups is 1. The zero-order chi connectivity index (χ0) is 22.4. The number of hydrogen-bond acceptors (Lipinski definition) is 5. The minimum atomic E-state index is -0.118. The van der Waals surface area contributed by atoms with Crippen LogP contribution in [0.25, 0.3) is 0 Å². The number of halogens is 2. The average molecular weight is 477 g/mol. The number of benzene rings is 2.